The first-order valence-electron chi connectivity index (χ1n) is 6.03. The van der Waals surface area contributed by atoms with Gasteiger partial charge < -0.3 is 14.4 Å². The maximum atomic E-state index is 11.5. The fourth-order valence-corrected chi connectivity index (χ4v) is 4.76. The highest BCUT2D eigenvalue weighted by Gasteiger charge is 2.77. The van der Waals surface area contributed by atoms with Crippen LogP contribution in [0.2, 0.25) is 0 Å². The van der Waals surface area contributed by atoms with E-state index in [0.29, 0.717) is 5.92 Å². The normalized spacial score (nSPS) is 55.2. The molecule has 0 bridgehead atoms. The molecule has 2 unspecified atom stereocenters. The summed E-state index contributed by atoms with van der Waals surface area (Å²) in [7, 11) is -1.79. The summed E-state index contributed by atoms with van der Waals surface area (Å²) in [6.45, 7) is 3.25. The Morgan fingerprint density at radius 3 is 2.71 bits per heavy atom. The van der Waals surface area contributed by atoms with Crippen molar-refractivity contribution in [1.29, 1.82) is 0 Å². The molecule has 2 saturated carbocycles. The van der Waals surface area contributed by atoms with Gasteiger partial charge in [0.25, 0.3) is 0 Å². The zero-order valence-corrected chi connectivity index (χ0v) is 11.3. The number of hydrogen-bond acceptors (Lipinski definition) is 4. The molecule has 1 saturated heterocycles. The fourth-order valence-electron chi connectivity index (χ4n) is 3.81. The summed E-state index contributed by atoms with van der Waals surface area (Å²) in [5, 5.41) is 0. The molecular formula is C11H19O5P. The van der Waals surface area contributed by atoms with Crippen molar-refractivity contribution < 1.29 is 23.5 Å². The molecule has 98 valence electrons. The van der Waals surface area contributed by atoms with Crippen LogP contribution in [-0.2, 0) is 18.6 Å². The van der Waals surface area contributed by atoms with Gasteiger partial charge in [-0.25, -0.2) is 0 Å². The van der Waals surface area contributed by atoms with Gasteiger partial charge in [0.1, 0.15) is 11.7 Å². The average Bonchev–Trinajstić information content (AvgIpc) is 2.61. The molecule has 17 heavy (non-hydrogen) atoms. The highest BCUT2D eigenvalue weighted by atomic mass is 31.2. The van der Waals surface area contributed by atoms with Crippen LogP contribution in [0.4, 0.5) is 0 Å². The quantitative estimate of drug-likeness (QED) is 0.782. The van der Waals surface area contributed by atoms with E-state index < -0.39 is 13.2 Å². The number of fused-ring (bicyclic) bond motifs is 3. The largest absolute Gasteiger partial charge is 0.375 e. The van der Waals surface area contributed by atoms with E-state index in [-0.39, 0.29) is 17.8 Å². The molecule has 2 aliphatic carbocycles. The lowest BCUT2D eigenvalue weighted by molar-refractivity contribution is -0.103. The topological polar surface area (TPSA) is 65.0 Å². The van der Waals surface area contributed by atoms with E-state index >= 15 is 0 Å². The number of methoxy groups -OCH3 is 1. The summed E-state index contributed by atoms with van der Waals surface area (Å²) >= 11 is 0. The van der Waals surface area contributed by atoms with Crippen molar-refractivity contribution in [3.8, 4) is 0 Å². The predicted molar refractivity (Wildman–Crippen MR) is 61.0 cm³/mol. The summed E-state index contributed by atoms with van der Waals surface area (Å²) in [5.41, 5.74) is -0.878. The second kappa shape index (κ2) is 3.34. The zero-order chi connectivity index (χ0) is 12.5. The van der Waals surface area contributed by atoms with Crippen LogP contribution in [0.5, 0.6) is 0 Å². The minimum Gasteiger partial charge on any atom is -0.375 e. The lowest BCUT2D eigenvalue weighted by Gasteiger charge is -2.32. The third-order valence-electron chi connectivity index (χ3n) is 4.36. The van der Waals surface area contributed by atoms with E-state index in [9.17, 15) is 9.46 Å². The van der Waals surface area contributed by atoms with Gasteiger partial charge in [-0.3, -0.25) is 9.09 Å². The van der Waals surface area contributed by atoms with E-state index in [1.54, 1.807) is 7.11 Å². The highest BCUT2D eigenvalue weighted by Crippen LogP contribution is 2.70. The summed E-state index contributed by atoms with van der Waals surface area (Å²) in [6.07, 6.45) is 2.46. The summed E-state index contributed by atoms with van der Waals surface area (Å²) in [5.74, 6) is 0.306. The van der Waals surface area contributed by atoms with Crippen LogP contribution in [0.15, 0.2) is 0 Å². The molecule has 0 amide bonds. The molecule has 1 heterocycles. The molecule has 3 aliphatic rings. The Balaban J connectivity index is 1.89. The highest BCUT2D eigenvalue weighted by molar-refractivity contribution is 7.51. The second-order valence-electron chi connectivity index (χ2n) is 5.75. The minimum absolute atomic E-state index is 0.122. The van der Waals surface area contributed by atoms with Gasteiger partial charge in [0, 0.05) is 20.2 Å². The maximum Gasteiger partial charge on any atom is 0.325 e. The van der Waals surface area contributed by atoms with Gasteiger partial charge in [0.2, 0.25) is 0 Å². The Bertz CT molecular complexity index is 393. The Morgan fingerprint density at radius 2 is 2.12 bits per heavy atom. The first-order valence-corrected chi connectivity index (χ1v) is 8.05. The summed E-state index contributed by atoms with van der Waals surface area (Å²) in [4.78, 5) is 9.45. The van der Waals surface area contributed by atoms with Crippen molar-refractivity contribution in [2.75, 3.05) is 13.8 Å². The van der Waals surface area contributed by atoms with Crippen molar-refractivity contribution in [3.05, 3.63) is 0 Å². The molecule has 5 nitrogen and oxygen atoms in total. The Labute approximate surface area is 101 Å². The molecule has 0 aromatic carbocycles. The molecule has 0 spiro atoms. The van der Waals surface area contributed by atoms with Crippen molar-refractivity contribution in [1.82, 2.24) is 0 Å². The zero-order valence-electron chi connectivity index (χ0n) is 10.4. The van der Waals surface area contributed by atoms with Gasteiger partial charge >= 0.3 is 7.60 Å². The van der Waals surface area contributed by atoms with Gasteiger partial charge in [0.15, 0.2) is 0 Å². The third kappa shape index (κ3) is 1.64. The van der Waals surface area contributed by atoms with Gasteiger partial charge in [-0.05, 0) is 25.7 Å². The molecule has 1 N–H and O–H groups in total. The third-order valence-corrected chi connectivity index (χ3v) is 5.04. The maximum absolute atomic E-state index is 11.5. The lowest BCUT2D eigenvalue weighted by Crippen LogP contribution is -2.44. The van der Waals surface area contributed by atoms with E-state index in [4.69, 9.17) is 14.0 Å². The lowest BCUT2D eigenvalue weighted by atomic mass is 9.91. The average molecular weight is 262 g/mol. The van der Waals surface area contributed by atoms with Gasteiger partial charge in [0.05, 0.1) is 11.7 Å². The van der Waals surface area contributed by atoms with Crippen molar-refractivity contribution >= 4 is 7.60 Å². The van der Waals surface area contributed by atoms with Crippen LogP contribution in [0.1, 0.15) is 26.2 Å². The Morgan fingerprint density at radius 1 is 1.41 bits per heavy atom. The number of hydrogen-bond donors (Lipinski definition) is 1. The van der Waals surface area contributed by atoms with Crippen LogP contribution in [0.3, 0.4) is 0 Å². The summed E-state index contributed by atoms with van der Waals surface area (Å²) in [6, 6.07) is 0. The smallest absolute Gasteiger partial charge is 0.325 e. The van der Waals surface area contributed by atoms with E-state index in [1.807, 2.05) is 6.92 Å². The van der Waals surface area contributed by atoms with E-state index in [2.05, 4.69) is 0 Å². The second-order valence-corrected chi connectivity index (χ2v) is 7.54. The van der Waals surface area contributed by atoms with Crippen molar-refractivity contribution in [2.24, 2.45) is 5.92 Å². The molecule has 1 aliphatic heterocycles. The van der Waals surface area contributed by atoms with E-state index in [0.717, 1.165) is 19.3 Å². The van der Waals surface area contributed by atoms with Crippen LogP contribution in [-0.4, -0.2) is 42.1 Å². The molecule has 0 aromatic heterocycles. The van der Waals surface area contributed by atoms with Gasteiger partial charge in [-0.15, -0.1) is 0 Å². The van der Waals surface area contributed by atoms with Crippen LogP contribution < -0.4 is 0 Å². The summed E-state index contributed by atoms with van der Waals surface area (Å²) < 4.78 is 28.5. The standard InChI is InChI=1S/C11H19O5P/c1-7-4-10(14-2)5-8-6-11(8,9(10)15-7)16-17(3,12)13/h7-9H,4-6H2,1-3H3,(H,12,13)/t7?,8-,9+,10-,11-/m1/s1. The van der Waals surface area contributed by atoms with Crippen molar-refractivity contribution in [2.45, 2.75) is 49.6 Å². The van der Waals surface area contributed by atoms with Crippen LogP contribution in [0.25, 0.3) is 0 Å². The van der Waals surface area contributed by atoms with Gasteiger partial charge in [-0.2, -0.15) is 0 Å². The van der Waals surface area contributed by atoms with E-state index in [1.165, 1.54) is 6.66 Å². The number of rotatable bonds is 3. The molecular weight excluding hydrogens is 243 g/mol. The van der Waals surface area contributed by atoms with Gasteiger partial charge in [-0.1, -0.05) is 0 Å². The number of ether oxygens (including phenoxy) is 2. The monoisotopic (exact) mass is 262 g/mol. The Kier molecular flexibility index (Phi) is 2.38. The predicted octanol–water partition coefficient (Wildman–Crippen LogP) is 1.54. The van der Waals surface area contributed by atoms with Crippen LogP contribution >= 0.6 is 7.60 Å². The first kappa shape index (κ1) is 12.1. The molecule has 3 rings (SSSR count). The molecule has 0 radical (unpaired) electrons. The molecule has 0 aromatic rings. The van der Waals surface area contributed by atoms with Crippen molar-refractivity contribution in [3.63, 3.8) is 0 Å². The Hall–Kier alpha value is 0.0700. The molecule has 6 heteroatoms. The first-order chi connectivity index (χ1) is 7.81. The van der Waals surface area contributed by atoms with Crippen LogP contribution in [0, 0.1) is 5.92 Å². The molecule has 6 atom stereocenters. The molecule has 3 fully saturated rings. The SMILES string of the molecule is CO[C@@]12CC(C)O[C@@H]1[C@@]1(OP(C)(=O)O)C[C@H]1C2. The fraction of sp³-hybridized carbons (Fsp3) is 1.00. The minimum atomic E-state index is -3.48.